The first kappa shape index (κ1) is 16.5. The number of hydrogen-bond donors (Lipinski definition) is 1. The molecule has 0 unspecified atom stereocenters. The lowest BCUT2D eigenvalue weighted by atomic mass is 10.1. The van der Waals surface area contributed by atoms with Gasteiger partial charge in [0.25, 0.3) is 0 Å². The molecule has 0 bridgehead atoms. The second kappa shape index (κ2) is 7.98. The number of nitrogens with zero attached hydrogens (tertiary/aromatic N) is 2. The lowest BCUT2D eigenvalue weighted by Crippen LogP contribution is -2.12. The van der Waals surface area contributed by atoms with E-state index >= 15 is 0 Å². The normalized spacial score (nSPS) is 10.6. The Hall–Kier alpha value is -0.820. The molecule has 0 saturated heterocycles. The number of nitrogens with one attached hydrogen (secondary N) is 1. The quantitative estimate of drug-likeness (QED) is 0.606. The summed E-state index contributed by atoms with van der Waals surface area (Å²) in [6.07, 6.45) is 0.883. The Kier molecular flexibility index (Phi) is 6.29. The summed E-state index contributed by atoms with van der Waals surface area (Å²) in [6, 6.07) is 5.27. The van der Waals surface area contributed by atoms with Gasteiger partial charge in [0.1, 0.15) is 0 Å². The SMILES string of the molecule is CCSc1nnc(NC(=O)CCc2ccc(Cl)cc2Cl)s1. The summed E-state index contributed by atoms with van der Waals surface area (Å²) >= 11 is 14.9. The van der Waals surface area contributed by atoms with E-state index < -0.39 is 0 Å². The van der Waals surface area contributed by atoms with Crippen LogP contribution in [0.25, 0.3) is 0 Å². The van der Waals surface area contributed by atoms with Crippen LogP contribution in [0, 0.1) is 0 Å². The largest absolute Gasteiger partial charge is 0.300 e. The van der Waals surface area contributed by atoms with Crippen LogP contribution < -0.4 is 5.32 Å². The summed E-state index contributed by atoms with van der Waals surface area (Å²) in [5.74, 6) is 0.822. The molecule has 0 aliphatic heterocycles. The van der Waals surface area contributed by atoms with Crippen LogP contribution in [0.4, 0.5) is 5.13 Å². The molecule has 0 aliphatic rings. The molecule has 21 heavy (non-hydrogen) atoms. The minimum atomic E-state index is -0.106. The standard InChI is InChI=1S/C13H13Cl2N3OS2/c1-2-20-13-18-17-12(21-13)16-11(19)6-4-8-3-5-9(14)7-10(8)15/h3,5,7H,2,4,6H2,1H3,(H,16,17,19). The maximum Gasteiger partial charge on any atom is 0.226 e. The third kappa shape index (κ3) is 5.14. The minimum Gasteiger partial charge on any atom is -0.300 e. The predicted octanol–water partition coefficient (Wildman–Crippen LogP) is 4.53. The maximum absolute atomic E-state index is 11.9. The van der Waals surface area contributed by atoms with Gasteiger partial charge >= 0.3 is 0 Å². The Morgan fingerprint density at radius 1 is 1.38 bits per heavy atom. The van der Waals surface area contributed by atoms with Crippen LogP contribution >= 0.6 is 46.3 Å². The molecule has 2 rings (SSSR count). The first-order chi connectivity index (χ1) is 10.1. The second-order valence-electron chi connectivity index (χ2n) is 4.09. The van der Waals surface area contributed by atoms with Gasteiger partial charge in [0.15, 0.2) is 4.34 Å². The van der Waals surface area contributed by atoms with Gasteiger partial charge in [-0.05, 0) is 29.9 Å². The summed E-state index contributed by atoms with van der Waals surface area (Å²) in [5, 5.41) is 12.3. The number of amides is 1. The average Bonchev–Trinajstić information content (AvgIpc) is 2.85. The summed E-state index contributed by atoms with van der Waals surface area (Å²) < 4.78 is 0.855. The minimum absolute atomic E-state index is 0.106. The van der Waals surface area contributed by atoms with Crippen molar-refractivity contribution < 1.29 is 4.79 Å². The molecule has 2 aromatic rings. The van der Waals surface area contributed by atoms with Crippen LogP contribution in [-0.2, 0) is 11.2 Å². The van der Waals surface area contributed by atoms with Crippen molar-refractivity contribution in [2.45, 2.75) is 24.1 Å². The van der Waals surface area contributed by atoms with Crippen LogP contribution in [0.15, 0.2) is 22.5 Å². The monoisotopic (exact) mass is 361 g/mol. The van der Waals surface area contributed by atoms with E-state index in [0.717, 1.165) is 15.7 Å². The number of aromatic nitrogens is 2. The lowest BCUT2D eigenvalue weighted by molar-refractivity contribution is -0.116. The molecular weight excluding hydrogens is 349 g/mol. The zero-order valence-corrected chi connectivity index (χ0v) is 14.4. The van der Waals surface area contributed by atoms with Gasteiger partial charge in [-0.15, -0.1) is 10.2 Å². The smallest absolute Gasteiger partial charge is 0.226 e. The van der Waals surface area contributed by atoms with Crippen molar-refractivity contribution in [1.29, 1.82) is 0 Å². The summed E-state index contributed by atoms with van der Waals surface area (Å²) in [6.45, 7) is 2.04. The highest BCUT2D eigenvalue weighted by Gasteiger charge is 2.09. The number of halogens is 2. The van der Waals surface area contributed by atoms with Crippen LogP contribution in [-0.4, -0.2) is 21.9 Å². The molecule has 4 nitrogen and oxygen atoms in total. The molecule has 8 heteroatoms. The molecule has 0 atom stereocenters. The van der Waals surface area contributed by atoms with Gasteiger partial charge in [-0.2, -0.15) is 0 Å². The van der Waals surface area contributed by atoms with Gasteiger partial charge in [0.2, 0.25) is 11.0 Å². The molecule has 0 fully saturated rings. The van der Waals surface area contributed by atoms with Gasteiger partial charge < -0.3 is 5.32 Å². The number of thioether (sulfide) groups is 1. The van der Waals surface area contributed by atoms with Gasteiger partial charge in [-0.25, -0.2) is 0 Å². The second-order valence-corrected chi connectivity index (χ2v) is 7.42. The molecule has 1 heterocycles. The number of aryl methyl sites for hydroxylation is 1. The number of anilines is 1. The summed E-state index contributed by atoms with van der Waals surface area (Å²) in [4.78, 5) is 11.9. The van der Waals surface area contributed by atoms with Crippen molar-refractivity contribution in [1.82, 2.24) is 10.2 Å². The Balaban J connectivity index is 1.86. The highest BCUT2D eigenvalue weighted by Crippen LogP contribution is 2.25. The van der Waals surface area contributed by atoms with Gasteiger partial charge in [0, 0.05) is 16.5 Å². The summed E-state index contributed by atoms with van der Waals surface area (Å²) in [5.41, 5.74) is 0.899. The van der Waals surface area contributed by atoms with Crippen LogP contribution in [0.5, 0.6) is 0 Å². The highest BCUT2D eigenvalue weighted by molar-refractivity contribution is 8.01. The molecule has 0 saturated carbocycles. The van der Waals surface area contributed by atoms with Gasteiger partial charge in [-0.3, -0.25) is 4.79 Å². The zero-order chi connectivity index (χ0) is 15.2. The first-order valence-electron chi connectivity index (χ1n) is 6.28. The topological polar surface area (TPSA) is 54.9 Å². The van der Waals surface area contributed by atoms with E-state index in [4.69, 9.17) is 23.2 Å². The van der Waals surface area contributed by atoms with Crippen LogP contribution in [0.2, 0.25) is 10.0 Å². The van der Waals surface area contributed by atoms with E-state index in [9.17, 15) is 4.79 Å². The van der Waals surface area contributed by atoms with Crippen molar-refractivity contribution >= 4 is 57.3 Å². The molecule has 0 radical (unpaired) electrons. The third-order valence-electron chi connectivity index (χ3n) is 2.56. The average molecular weight is 362 g/mol. The van der Waals surface area contributed by atoms with Crippen LogP contribution in [0.3, 0.4) is 0 Å². The van der Waals surface area contributed by atoms with Gasteiger partial charge in [-0.1, -0.05) is 59.3 Å². The third-order valence-corrected chi connectivity index (χ3v) is 5.00. The van der Waals surface area contributed by atoms with Gasteiger partial charge in [0.05, 0.1) is 0 Å². The van der Waals surface area contributed by atoms with E-state index in [1.807, 2.05) is 13.0 Å². The van der Waals surface area contributed by atoms with E-state index in [0.29, 0.717) is 28.0 Å². The highest BCUT2D eigenvalue weighted by atomic mass is 35.5. The molecule has 1 aromatic heterocycles. The Labute approximate surface area is 141 Å². The molecule has 1 aromatic carbocycles. The zero-order valence-electron chi connectivity index (χ0n) is 11.2. The fraction of sp³-hybridized carbons (Fsp3) is 0.308. The molecule has 112 valence electrons. The van der Waals surface area contributed by atoms with E-state index in [1.165, 1.54) is 11.3 Å². The summed E-state index contributed by atoms with van der Waals surface area (Å²) in [7, 11) is 0. The molecule has 1 amide bonds. The van der Waals surface area contributed by atoms with Crippen molar-refractivity contribution in [2.24, 2.45) is 0 Å². The van der Waals surface area contributed by atoms with Crippen LogP contribution in [0.1, 0.15) is 18.9 Å². The molecular formula is C13H13Cl2N3OS2. The fourth-order valence-corrected chi connectivity index (χ4v) is 3.76. The maximum atomic E-state index is 11.9. The first-order valence-corrected chi connectivity index (χ1v) is 8.84. The lowest BCUT2D eigenvalue weighted by Gasteiger charge is -2.04. The number of carbonyl (C=O) groups excluding carboxylic acids is 1. The number of hydrogen-bond acceptors (Lipinski definition) is 5. The van der Waals surface area contributed by atoms with Crippen molar-refractivity contribution in [2.75, 3.05) is 11.1 Å². The number of benzene rings is 1. The molecule has 1 N–H and O–H groups in total. The predicted molar refractivity (Wildman–Crippen MR) is 89.7 cm³/mol. The van der Waals surface area contributed by atoms with Crippen molar-refractivity contribution in [3.63, 3.8) is 0 Å². The Bertz CT molecular complexity index is 634. The fourth-order valence-electron chi connectivity index (χ4n) is 1.60. The van der Waals surface area contributed by atoms with E-state index in [-0.39, 0.29) is 5.91 Å². The Morgan fingerprint density at radius 2 is 2.19 bits per heavy atom. The number of rotatable bonds is 6. The van der Waals surface area contributed by atoms with Crippen molar-refractivity contribution in [3.8, 4) is 0 Å². The Morgan fingerprint density at radius 3 is 2.90 bits per heavy atom. The number of carbonyl (C=O) groups is 1. The molecule has 0 aliphatic carbocycles. The van der Waals surface area contributed by atoms with Crippen molar-refractivity contribution in [3.05, 3.63) is 33.8 Å². The molecule has 0 spiro atoms. The van der Waals surface area contributed by atoms with E-state index in [1.54, 1.807) is 23.9 Å². The van der Waals surface area contributed by atoms with E-state index in [2.05, 4.69) is 15.5 Å².